The Hall–Kier alpha value is -2.63. The molecule has 1 unspecified atom stereocenters. The zero-order valence-electron chi connectivity index (χ0n) is 15.5. The minimum absolute atomic E-state index is 0.0981. The smallest absolute Gasteiger partial charge is 0.321 e. The number of rotatable bonds is 7. The van der Waals surface area contributed by atoms with Gasteiger partial charge in [0, 0.05) is 0 Å². The van der Waals surface area contributed by atoms with Crippen molar-refractivity contribution in [2.24, 2.45) is 11.8 Å². The molecule has 2 rings (SSSR count). The number of esters is 3. The van der Waals surface area contributed by atoms with Crippen LogP contribution in [0.2, 0.25) is 0 Å². The molecule has 0 aliphatic heterocycles. The molecule has 6 heteroatoms. The molecule has 0 radical (unpaired) electrons. The first-order valence-electron chi connectivity index (χ1n) is 8.65. The Labute approximate surface area is 153 Å². The normalized spacial score (nSPS) is 14.0. The summed E-state index contributed by atoms with van der Waals surface area (Å²) in [5.41, 5.74) is 3.60. The van der Waals surface area contributed by atoms with E-state index in [9.17, 15) is 14.4 Å². The van der Waals surface area contributed by atoms with E-state index in [0.29, 0.717) is 12.0 Å². The van der Waals surface area contributed by atoms with Crippen molar-refractivity contribution in [2.75, 3.05) is 20.3 Å². The molecule has 0 saturated heterocycles. The second kappa shape index (κ2) is 8.65. The molecule has 0 saturated carbocycles. The number of hydrogen-bond donors (Lipinski definition) is 0. The highest BCUT2D eigenvalue weighted by atomic mass is 16.6. The summed E-state index contributed by atoms with van der Waals surface area (Å²) in [5, 5.41) is 0. The van der Waals surface area contributed by atoms with E-state index < -0.39 is 29.7 Å². The number of carbonyl (C=O) groups is 3. The first kappa shape index (κ1) is 19.7. The largest absolute Gasteiger partial charge is 0.469 e. The zero-order valence-corrected chi connectivity index (χ0v) is 15.5. The molecule has 6 nitrogen and oxygen atoms in total. The van der Waals surface area contributed by atoms with Crippen LogP contribution in [0, 0.1) is 11.8 Å². The standard InChI is InChI=1S/C20H24O6/c1-5-25-19(22)17(20(23)26-6-2)16(18(21)24-4)15-11-13-9-7-8-10-14(13)12(15)3/h7-10,16-17H,5-6,11H2,1-4H3. The van der Waals surface area contributed by atoms with Gasteiger partial charge >= 0.3 is 17.9 Å². The fourth-order valence-electron chi connectivity index (χ4n) is 3.33. The summed E-state index contributed by atoms with van der Waals surface area (Å²) in [6.07, 6.45) is 0.469. The second-order valence-corrected chi connectivity index (χ2v) is 5.97. The maximum atomic E-state index is 12.6. The van der Waals surface area contributed by atoms with Crippen molar-refractivity contribution in [3.8, 4) is 0 Å². The number of carbonyl (C=O) groups excluding carboxylic acids is 3. The Balaban J connectivity index is 2.51. The molecule has 0 N–H and O–H groups in total. The van der Waals surface area contributed by atoms with Crippen LogP contribution in [0.25, 0.3) is 5.57 Å². The van der Waals surface area contributed by atoms with Gasteiger partial charge in [-0.05, 0) is 49.5 Å². The Morgan fingerprint density at radius 2 is 1.58 bits per heavy atom. The van der Waals surface area contributed by atoms with Crippen molar-refractivity contribution in [1.29, 1.82) is 0 Å². The average molecular weight is 360 g/mol. The third-order valence-electron chi connectivity index (χ3n) is 4.53. The lowest BCUT2D eigenvalue weighted by Gasteiger charge is -2.24. The Bertz CT molecular complexity index is 716. The van der Waals surface area contributed by atoms with Crippen LogP contribution < -0.4 is 0 Å². The molecule has 0 spiro atoms. The maximum Gasteiger partial charge on any atom is 0.321 e. The molecule has 26 heavy (non-hydrogen) atoms. The van der Waals surface area contributed by atoms with Gasteiger partial charge in [0.15, 0.2) is 5.92 Å². The van der Waals surface area contributed by atoms with E-state index in [1.807, 2.05) is 31.2 Å². The van der Waals surface area contributed by atoms with Gasteiger partial charge in [0.25, 0.3) is 0 Å². The van der Waals surface area contributed by atoms with Crippen molar-refractivity contribution in [1.82, 2.24) is 0 Å². The third kappa shape index (κ3) is 3.79. The zero-order chi connectivity index (χ0) is 19.3. The molecule has 1 aromatic rings. The van der Waals surface area contributed by atoms with Crippen molar-refractivity contribution in [3.63, 3.8) is 0 Å². The molecule has 1 aliphatic carbocycles. The highest BCUT2D eigenvalue weighted by Crippen LogP contribution is 2.39. The average Bonchev–Trinajstić information content (AvgIpc) is 2.96. The van der Waals surface area contributed by atoms with Crippen molar-refractivity contribution < 1.29 is 28.6 Å². The van der Waals surface area contributed by atoms with Crippen LogP contribution in [0.1, 0.15) is 31.9 Å². The molecule has 140 valence electrons. The van der Waals surface area contributed by atoms with Gasteiger partial charge in [-0.3, -0.25) is 14.4 Å². The monoisotopic (exact) mass is 360 g/mol. The van der Waals surface area contributed by atoms with Crippen LogP contribution in [0.3, 0.4) is 0 Å². The maximum absolute atomic E-state index is 12.6. The lowest BCUT2D eigenvalue weighted by atomic mass is 9.83. The van der Waals surface area contributed by atoms with Crippen LogP contribution in [-0.4, -0.2) is 38.2 Å². The van der Waals surface area contributed by atoms with E-state index in [1.54, 1.807) is 13.8 Å². The van der Waals surface area contributed by atoms with Crippen molar-refractivity contribution >= 4 is 23.5 Å². The summed E-state index contributed by atoms with van der Waals surface area (Å²) in [7, 11) is 1.24. The van der Waals surface area contributed by atoms with Gasteiger partial charge < -0.3 is 14.2 Å². The molecule has 1 atom stereocenters. The summed E-state index contributed by atoms with van der Waals surface area (Å²) in [6, 6.07) is 7.74. The summed E-state index contributed by atoms with van der Waals surface area (Å²) < 4.78 is 15.0. The van der Waals surface area contributed by atoms with E-state index in [2.05, 4.69) is 0 Å². The van der Waals surface area contributed by atoms with E-state index >= 15 is 0 Å². The van der Waals surface area contributed by atoms with E-state index in [1.165, 1.54) is 7.11 Å². The number of ether oxygens (including phenoxy) is 3. The number of fused-ring (bicyclic) bond motifs is 1. The van der Waals surface area contributed by atoms with E-state index in [4.69, 9.17) is 14.2 Å². The Morgan fingerprint density at radius 3 is 2.08 bits per heavy atom. The first-order chi connectivity index (χ1) is 12.5. The van der Waals surface area contributed by atoms with Crippen molar-refractivity contribution in [3.05, 3.63) is 41.0 Å². The Kier molecular flexibility index (Phi) is 6.55. The van der Waals surface area contributed by atoms with Gasteiger partial charge in [0.1, 0.15) is 5.92 Å². The minimum atomic E-state index is -1.39. The fourth-order valence-corrected chi connectivity index (χ4v) is 3.33. The predicted octanol–water partition coefficient (Wildman–Crippen LogP) is 2.55. The molecular weight excluding hydrogens is 336 g/mol. The van der Waals surface area contributed by atoms with Crippen LogP contribution in [0.15, 0.2) is 29.8 Å². The summed E-state index contributed by atoms with van der Waals surface area (Å²) in [5.74, 6) is -4.68. The van der Waals surface area contributed by atoms with Gasteiger partial charge in [0.2, 0.25) is 0 Å². The van der Waals surface area contributed by atoms with Crippen LogP contribution >= 0.6 is 0 Å². The van der Waals surface area contributed by atoms with E-state index in [-0.39, 0.29) is 13.2 Å². The van der Waals surface area contributed by atoms with Crippen LogP contribution in [-0.2, 0) is 35.0 Å². The SMILES string of the molecule is CCOC(=O)C(C(=O)OCC)C(C(=O)OC)C1=C(C)c2ccccc2C1. The molecule has 0 aromatic heterocycles. The molecule has 0 bridgehead atoms. The third-order valence-corrected chi connectivity index (χ3v) is 4.53. The number of hydrogen-bond acceptors (Lipinski definition) is 6. The fraction of sp³-hybridized carbons (Fsp3) is 0.450. The van der Waals surface area contributed by atoms with Crippen LogP contribution in [0.4, 0.5) is 0 Å². The topological polar surface area (TPSA) is 78.9 Å². The lowest BCUT2D eigenvalue weighted by molar-refractivity contribution is -0.169. The minimum Gasteiger partial charge on any atom is -0.469 e. The quantitative estimate of drug-likeness (QED) is 0.422. The molecule has 1 aromatic carbocycles. The summed E-state index contributed by atoms with van der Waals surface area (Å²) in [6.45, 7) is 5.36. The molecular formula is C20H24O6. The van der Waals surface area contributed by atoms with Gasteiger partial charge in [-0.25, -0.2) is 0 Å². The molecule has 0 heterocycles. The predicted molar refractivity (Wildman–Crippen MR) is 95.0 cm³/mol. The first-order valence-corrected chi connectivity index (χ1v) is 8.65. The van der Waals surface area contributed by atoms with E-state index in [0.717, 1.165) is 16.7 Å². The van der Waals surface area contributed by atoms with Gasteiger partial charge in [0.05, 0.1) is 20.3 Å². The van der Waals surface area contributed by atoms with Crippen LogP contribution in [0.5, 0.6) is 0 Å². The molecule has 0 fully saturated rings. The van der Waals surface area contributed by atoms with Gasteiger partial charge in [-0.2, -0.15) is 0 Å². The summed E-state index contributed by atoms with van der Waals surface area (Å²) in [4.78, 5) is 37.6. The number of methoxy groups -OCH3 is 1. The van der Waals surface area contributed by atoms with Gasteiger partial charge in [-0.1, -0.05) is 24.3 Å². The van der Waals surface area contributed by atoms with Crippen molar-refractivity contribution in [2.45, 2.75) is 27.2 Å². The lowest BCUT2D eigenvalue weighted by Crippen LogP contribution is -2.40. The molecule has 1 aliphatic rings. The Morgan fingerprint density at radius 1 is 1.00 bits per heavy atom. The highest BCUT2D eigenvalue weighted by molar-refractivity contribution is 6.01. The number of benzene rings is 1. The highest BCUT2D eigenvalue weighted by Gasteiger charge is 2.46. The summed E-state index contributed by atoms with van der Waals surface area (Å²) >= 11 is 0. The molecule has 0 amide bonds. The second-order valence-electron chi connectivity index (χ2n) is 5.97. The number of allylic oxidation sites excluding steroid dienone is 1. The van der Waals surface area contributed by atoms with Gasteiger partial charge in [-0.15, -0.1) is 0 Å².